The van der Waals surface area contributed by atoms with Crippen LogP contribution in [0.15, 0.2) is 10.9 Å². The molecule has 7 nitrogen and oxygen atoms in total. The van der Waals surface area contributed by atoms with Crippen molar-refractivity contribution in [3.05, 3.63) is 12.2 Å². The largest absolute Gasteiger partial charge is 0.343 e. The summed E-state index contributed by atoms with van der Waals surface area (Å²) in [5.41, 5.74) is -0.773. The molecule has 7 heteroatoms. The van der Waals surface area contributed by atoms with Gasteiger partial charge in [0.05, 0.1) is 0 Å². The topological polar surface area (TPSA) is 88.3 Å². The summed E-state index contributed by atoms with van der Waals surface area (Å²) < 4.78 is 4.68. The van der Waals surface area contributed by atoms with Gasteiger partial charge in [-0.3, -0.25) is 9.59 Å². The van der Waals surface area contributed by atoms with Gasteiger partial charge in [-0.05, 0) is 12.8 Å². The van der Waals surface area contributed by atoms with E-state index in [2.05, 4.69) is 20.0 Å². The molecule has 0 saturated carbocycles. The lowest BCUT2D eigenvalue weighted by atomic mass is 9.91. The molecular weight excluding hydrogens is 260 g/mol. The van der Waals surface area contributed by atoms with Gasteiger partial charge >= 0.3 is 0 Å². The predicted molar refractivity (Wildman–Crippen MR) is 70.7 cm³/mol. The third-order valence-corrected chi connectivity index (χ3v) is 3.90. The van der Waals surface area contributed by atoms with Crippen LogP contribution in [0, 0.1) is 0 Å². The van der Waals surface area contributed by atoms with E-state index in [1.54, 1.807) is 4.90 Å². The van der Waals surface area contributed by atoms with Crippen LogP contribution in [-0.2, 0) is 16.0 Å². The maximum absolute atomic E-state index is 12.7. The van der Waals surface area contributed by atoms with Crippen molar-refractivity contribution in [1.29, 1.82) is 0 Å². The lowest BCUT2D eigenvalue weighted by Gasteiger charge is -2.33. The fourth-order valence-corrected chi connectivity index (χ4v) is 2.50. The Morgan fingerprint density at radius 2 is 2.15 bits per heavy atom. The van der Waals surface area contributed by atoms with Crippen molar-refractivity contribution < 1.29 is 14.1 Å². The van der Waals surface area contributed by atoms with E-state index in [0.717, 1.165) is 0 Å². The molecule has 2 heterocycles. The molecule has 2 amide bonds. The van der Waals surface area contributed by atoms with Crippen LogP contribution in [0.1, 0.15) is 38.9 Å². The first kappa shape index (κ1) is 14.5. The van der Waals surface area contributed by atoms with Crippen LogP contribution in [0.4, 0.5) is 0 Å². The minimum absolute atomic E-state index is 0.0168. The Balaban J connectivity index is 2.11. The summed E-state index contributed by atoms with van der Waals surface area (Å²) in [4.78, 5) is 30.2. The Hall–Kier alpha value is -1.92. The van der Waals surface area contributed by atoms with Gasteiger partial charge in [0.1, 0.15) is 5.54 Å². The van der Waals surface area contributed by atoms with E-state index < -0.39 is 5.54 Å². The van der Waals surface area contributed by atoms with Crippen LogP contribution in [0.2, 0.25) is 0 Å². The zero-order valence-electron chi connectivity index (χ0n) is 11.9. The lowest BCUT2D eigenvalue weighted by Crippen LogP contribution is -2.56. The van der Waals surface area contributed by atoms with Crippen LogP contribution in [0.3, 0.4) is 0 Å². The van der Waals surface area contributed by atoms with Gasteiger partial charge in [0.15, 0.2) is 5.82 Å². The van der Waals surface area contributed by atoms with Gasteiger partial charge in [-0.25, -0.2) is 0 Å². The number of nitrogens with one attached hydrogen (secondary N) is 1. The molecule has 2 rings (SSSR count). The molecule has 20 heavy (non-hydrogen) atoms. The van der Waals surface area contributed by atoms with E-state index in [0.29, 0.717) is 44.6 Å². The van der Waals surface area contributed by atoms with Gasteiger partial charge in [0.2, 0.25) is 18.2 Å². The van der Waals surface area contributed by atoms with Crippen molar-refractivity contribution >= 4 is 11.8 Å². The first-order valence-corrected chi connectivity index (χ1v) is 6.97. The Kier molecular flexibility index (Phi) is 4.36. The number of rotatable bonds is 5. The van der Waals surface area contributed by atoms with Crippen molar-refractivity contribution in [2.24, 2.45) is 0 Å². The first-order valence-electron chi connectivity index (χ1n) is 6.97. The second-order valence-electron chi connectivity index (χ2n) is 4.98. The Bertz CT molecular complexity index is 468. The fourth-order valence-electron chi connectivity index (χ4n) is 2.50. The monoisotopic (exact) mass is 280 g/mol. The third kappa shape index (κ3) is 2.81. The van der Waals surface area contributed by atoms with Crippen molar-refractivity contribution in [3.8, 4) is 0 Å². The average Bonchev–Trinajstić information content (AvgIpc) is 2.93. The van der Waals surface area contributed by atoms with Crippen LogP contribution >= 0.6 is 0 Å². The van der Waals surface area contributed by atoms with Crippen LogP contribution in [-0.4, -0.2) is 45.5 Å². The summed E-state index contributed by atoms with van der Waals surface area (Å²) in [7, 11) is 0. The summed E-state index contributed by atoms with van der Waals surface area (Å²) >= 11 is 0. The minimum atomic E-state index is -0.773. The molecule has 1 aromatic rings. The molecule has 110 valence electrons. The quantitative estimate of drug-likeness (QED) is 0.849. The second-order valence-corrected chi connectivity index (χ2v) is 4.98. The zero-order chi connectivity index (χ0) is 14.6. The van der Waals surface area contributed by atoms with Gasteiger partial charge in [0, 0.05) is 25.9 Å². The second kappa shape index (κ2) is 6.02. The van der Waals surface area contributed by atoms with E-state index in [1.807, 2.05) is 13.8 Å². The number of aromatic nitrogens is 2. The average molecular weight is 280 g/mol. The zero-order valence-corrected chi connectivity index (χ0v) is 11.9. The van der Waals surface area contributed by atoms with Crippen LogP contribution in [0.25, 0.3) is 0 Å². The van der Waals surface area contributed by atoms with Gasteiger partial charge in [0.25, 0.3) is 0 Å². The summed E-state index contributed by atoms with van der Waals surface area (Å²) in [5.74, 6) is 0.487. The number of nitrogens with zero attached hydrogens (tertiary/aromatic N) is 3. The fraction of sp³-hybridized carbons (Fsp3) is 0.692. The van der Waals surface area contributed by atoms with E-state index >= 15 is 0 Å². The molecule has 0 aliphatic carbocycles. The number of carbonyl (C=O) groups excluding carboxylic acids is 2. The molecule has 1 aliphatic heterocycles. The number of hydrogen-bond donors (Lipinski definition) is 1. The van der Waals surface area contributed by atoms with E-state index in [-0.39, 0.29) is 11.8 Å². The number of amides is 2. The maximum atomic E-state index is 12.7. The summed E-state index contributed by atoms with van der Waals surface area (Å²) in [5, 5.41) is 6.62. The molecule has 1 aromatic heterocycles. The summed E-state index contributed by atoms with van der Waals surface area (Å²) in [6.07, 6.45) is 3.31. The molecular formula is C13H20N4O3. The van der Waals surface area contributed by atoms with Gasteiger partial charge in [-0.15, -0.1) is 0 Å². The molecule has 0 unspecified atom stereocenters. The van der Waals surface area contributed by atoms with Crippen molar-refractivity contribution in [2.45, 2.75) is 45.1 Å². The number of hydrogen-bond acceptors (Lipinski definition) is 5. The van der Waals surface area contributed by atoms with Crippen LogP contribution < -0.4 is 5.32 Å². The normalized spacial score (nSPS) is 18.8. The molecule has 0 aromatic carbocycles. The molecule has 1 aliphatic rings. The van der Waals surface area contributed by atoms with Crippen molar-refractivity contribution in [1.82, 2.24) is 20.4 Å². The molecule has 1 N–H and O–H groups in total. The molecule has 0 radical (unpaired) electrons. The van der Waals surface area contributed by atoms with E-state index in [4.69, 9.17) is 0 Å². The Morgan fingerprint density at radius 1 is 1.40 bits per heavy atom. The van der Waals surface area contributed by atoms with Gasteiger partial charge in [-0.2, -0.15) is 4.98 Å². The predicted octanol–water partition coefficient (Wildman–Crippen LogP) is 0.519. The summed E-state index contributed by atoms with van der Waals surface area (Å²) in [6.45, 7) is 4.77. The number of carbonyl (C=O) groups is 2. The lowest BCUT2D eigenvalue weighted by molar-refractivity contribution is -0.139. The van der Waals surface area contributed by atoms with E-state index in [1.165, 1.54) is 6.39 Å². The molecule has 1 saturated heterocycles. The molecule has 1 fully saturated rings. The smallest absolute Gasteiger partial charge is 0.248 e. The Labute approximate surface area is 117 Å². The highest BCUT2D eigenvalue weighted by atomic mass is 16.5. The highest BCUT2D eigenvalue weighted by molar-refractivity contribution is 5.93. The first-order chi connectivity index (χ1) is 9.61. The minimum Gasteiger partial charge on any atom is -0.343 e. The highest BCUT2D eigenvalue weighted by Gasteiger charge is 2.41. The van der Waals surface area contributed by atoms with Crippen LogP contribution in [0.5, 0.6) is 0 Å². The van der Waals surface area contributed by atoms with Crippen molar-refractivity contribution in [3.63, 3.8) is 0 Å². The maximum Gasteiger partial charge on any atom is 0.248 e. The third-order valence-electron chi connectivity index (χ3n) is 3.90. The molecule has 0 bridgehead atoms. The van der Waals surface area contributed by atoms with Crippen molar-refractivity contribution in [2.75, 3.05) is 13.1 Å². The van der Waals surface area contributed by atoms with E-state index in [9.17, 15) is 9.59 Å². The Morgan fingerprint density at radius 3 is 2.75 bits per heavy atom. The molecule has 0 atom stereocenters. The standard InChI is InChI=1S/C13H20N4O3/c1-3-13(4-2)12(19)17(8-6-11(18)15-13)7-5-10-14-9-20-16-10/h9H,3-8H2,1-2H3,(H,15,18). The summed E-state index contributed by atoms with van der Waals surface area (Å²) in [6, 6.07) is 0. The molecule has 0 spiro atoms. The SMILES string of the molecule is CCC1(CC)NC(=O)CCN(CCc2ncon2)C1=O. The van der Waals surface area contributed by atoms with Gasteiger partial charge in [-0.1, -0.05) is 19.0 Å². The highest BCUT2D eigenvalue weighted by Crippen LogP contribution is 2.22. The van der Waals surface area contributed by atoms with Gasteiger partial charge < -0.3 is 14.7 Å².